The van der Waals surface area contributed by atoms with Gasteiger partial charge in [-0.15, -0.1) is 0 Å². The highest BCUT2D eigenvalue weighted by atomic mass is 16.2. The molecule has 3 aromatic rings. The fourth-order valence-corrected chi connectivity index (χ4v) is 4.86. The van der Waals surface area contributed by atoms with Gasteiger partial charge in [0.25, 0.3) is 0 Å². The molecule has 0 radical (unpaired) electrons. The average molecular weight is 456 g/mol. The topological polar surface area (TPSA) is 75.4 Å². The van der Waals surface area contributed by atoms with Crippen LogP contribution >= 0.6 is 0 Å². The van der Waals surface area contributed by atoms with Gasteiger partial charge < -0.3 is 16.0 Å². The smallest absolute Gasteiger partial charge is 0.243 e. The lowest BCUT2D eigenvalue weighted by atomic mass is 9.84. The number of nitrogens with one attached hydrogen (secondary N) is 1. The molecule has 3 aromatic carbocycles. The number of rotatable bonds is 7. The van der Waals surface area contributed by atoms with E-state index in [4.69, 9.17) is 5.73 Å². The Kier molecular flexibility index (Phi) is 7.43. The Morgan fingerprint density at radius 3 is 2.21 bits per heavy atom. The number of hydrogen-bond acceptors (Lipinski definition) is 3. The van der Waals surface area contributed by atoms with Crippen molar-refractivity contribution in [2.75, 3.05) is 6.54 Å². The molecule has 5 nitrogen and oxygen atoms in total. The molecule has 2 atom stereocenters. The Hall–Kier alpha value is -3.44. The van der Waals surface area contributed by atoms with Crippen LogP contribution in [0.15, 0.2) is 78.9 Å². The Morgan fingerprint density at radius 2 is 1.59 bits per heavy atom. The summed E-state index contributed by atoms with van der Waals surface area (Å²) >= 11 is 0. The van der Waals surface area contributed by atoms with E-state index in [1.807, 2.05) is 74.5 Å². The summed E-state index contributed by atoms with van der Waals surface area (Å²) in [5.41, 5.74) is 12.0. The lowest BCUT2D eigenvalue weighted by molar-refractivity contribution is -0.139. The number of carbonyl (C=O) groups excluding carboxylic acids is 2. The van der Waals surface area contributed by atoms with Crippen molar-refractivity contribution in [3.63, 3.8) is 0 Å². The summed E-state index contributed by atoms with van der Waals surface area (Å²) in [6.45, 7) is 5.08. The SMILES string of the molecule is Cc1ccc(C)c(CNC(=O)[C@@H]2CCCN2C(=O)C(N)C(c2ccccc2)c2ccccc2)c1. The van der Waals surface area contributed by atoms with Crippen molar-refractivity contribution < 1.29 is 9.59 Å². The van der Waals surface area contributed by atoms with Crippen LogP contribution in [-0.4, -0.2) is 35.3 Å². The summed E-state index contributed by atoms with van der Waals surface area (Å²) in [6, 6.07) is 24.7. The summed E-state index contributed by atoms with van der Waals surface area (Å²) in [6.07, 6.45) is 1.44. The number of aryl methyl sites for hydroxylation is 2. The standard InChI is InChI=1S/C29H33N3O2/c1-20-15-16-21(2)24(18-20)19-31-28(33)25-14-9-17-32(25)29(34)27(30)26(22-10-5-3-6-11-22)23-12-7-4-8-13-23/h3-8,10-13,15-16,18,25-27H,9,14,17,19,30H2,1-2H3,(H,31,33)/t25-,27?/m0/s1. The first-order valence-electron chi connectivity index (χ1n) is 12.0. The second kappa shape index (κ2) is 10.7. The van der Waals surface area contributed by atoms with Crippen molar-refractivity contribution in [1.29, 1.82) is 0 Å². The number of hydrogen-bond donors (Lipinski definition) is 2. The van der Waals surface area contributed by atoms with Gasteiger partial charge in [0, 0.05) is 19.0 Å². The normalized spacial score (nSPS) is 16.5. The highest BCUT2D eigenvalue weighted by Crippen LogP contribution is 2.30. The molecule has 1 heterocycles. The van der Waals surface area contributed by atoms with Crippen molar-refractivity contribution in [2.24, 2.45) is 5.73 Å². The van der Waals surface area contributed by atoms with E-state index in [1.165, 1.54) is 0 Å². The second-order valence-corrected chi connectivity index (χ2v) is 9.16. The summed E-state index contributed by atoms with van der Waals surface area (Å²) < 4.78 is 0. The van der Waals surface area contributed by atoms with Crippen molar-refractivity contribution >= 4 is 11.8 Å². The van der Waals surface area contributed by atoms with Crippen LogP contribution in [0.2, 0.25) is 0 Å². The van der Waals surface area contributed by atoms with Crippen molar-refractivity contribution in [3.8, 4) is 0 Å². The lowest BCUT2D eigenvalue weighted by Crippen LogP contribution is -2.52. The van der Waals surface area contributed by atoms with Crippen molar-refractivity contribution in [1.82, 2.24) is 10.2 Å². The lowest BCUT2D eigenvalue weighted by Gasteiger charge is -2.31. The summed E-state index contributed by atoms with van der Waals surface area (Å²) in [4.78, 5) is 28.4. The maximum absolute atomic E-state index is 13.6. The van der Waals surface area contributed by atoms with Gasteiger partial charge in [0.05, 0.1) is 6.04 Å². The van der Waals surface area contributed by atoms with Gasteiger partial charge in [-0.25, -0.2) is 0 Å². The maximum atomic E-state index is 13.6. The summed E-state index contributed by atoms with van der Waals surface area (Å²) in [5, 5.41) is 3.05. The molecule has 0 spiro atoms. The fourth-order valence-electron chi connectivity index (χ4n) is 4.86. The molecular weight excluding hydrogens is 422 g/mol. The molecule has 0 aliphatic carbocycles. The highest BCUT2D eigenvalue weighted by Gasteiger charge is 2.39. The first kappa shape index (κ1) is 23.7. The molecule has 1 unspecified atom stereocenters. The number of benzene rings is 3. The Bertz CT molecular complexity index is 1090. The van der Waals surface area contributed by atoms with E-state index in [-0.39, 0.29) is 17.7 Å². The summed E-state index contributed by atoms with van der Waals surface area (Å²) in [7, 11) is 0. The molecule has 5 heteroatoms. The molecule has 4 rings (SSSR count). The molecule has 0 aromatic heterocycles. The van der Waals surface area contributed by atoms with E-state index in [2.05, 4.69) is 23.5 Å². The molecule has 2 amide bonds. The minimum absolute atomic E-state index is 0.116. The predicted octanol–water partition coefficient (Wildman–Crippen LogP) is 4.07. The van der Waals surface area contributed by atoms with E-state index < -0.39 is 12.1 Å². The van der Waals surface area contributed by atoms with Gasteiger partial charge in [-0.05, 0) is 48.9 Å². The molecule has 3 N–H and O–H groups in total. The van der Waals surface area contributed by atoms with Gasteiger partial charge in [0.1, 0.15) is 6.04 Å². The summed E-state index contributed by atoms with van der Waals surface area (Å²) in [5.74, 6) is -0.578. The van der Waals surface area contributed by atoms with Crippen LogP contribution < -0.4 is 11.1 Å². The van der Waals surface area contributed by atoms with E-state index in [0.717, 1.165) is 34.2 Å². The molecule has 1 saturated heterocycles. The van der Waals surface area contributed by atoms with Gasteiger partial charge in [0.15, 0.2) is 0 Å². The molecule has 1 aliphatic heterocycles. The molecule has 0 saturated carbocycles. The first-order chi connectivity index (χ1) is 16.5. The number of nitrogens with two attached hydrogens (primary N) is 1. The minimum atomic E-state index is -0.780. The number of nitrogens with zero attached hydrogens (tertiary/aromatic N) is 1. The van der Waals surface area contributed by atoms with Crippen LogP contribution in [0.25, 0.3) is 0 Å². The zero-order chi connectivity index (χ0) is 24.1. The number of likely N-dealkylation sites (tertiary alicyclic amines) is 1. The molecular formula is C29H33N3O2. The van der Waals surface area contributed by atoms with Crippen LogP contribution in [-0.2, 0) is 16.1 Å². The van der Waals surface area contributed by atoms with Crippen molar-refractivity contribution in [3.05, 3.63) is 107 Å². The monoisotopic (exact) mass is 455 g/mol. The van der Waals surface area contributed by atoms with E-state index in [1.54, 1.807) is 4.90 Å². The third-order valence-electron chi connectivity index (χ3n) is 6.76. The Labute approximate surface area is 202 Å². The van der Waals surface area contributed by atoms with E-state index >= 15 is 0 Å². The first-order valence-corrected chi connectivity index (χ1v) is 12.0. The van der Waals surface area contributed by atoms with E-state index in [0.29, 0.717) is 19.5 Å². The van der Waals surface area contributed by atoms with Gasteiger partial charge in [-0.3, -0.25) is 9.59 Å². The highest BCUT2D eigenvalue weighted by molar-refractivity contribution is 5.91. The van der Waals surface area contributed by atoms with Gasteiger partial charge in [0.2, 0.25) is 11.8 Å². The molecule has 34 heavy (non-hydrogen) atoms. The number of amides is 2. The Balaban J connectivity index is 1.51. The zero-order valence-corrected chi connectivity index (χ0v) is 19.9. The van der Waals surface area contributed by atoms with Gasteiger partial charge in [-0.1, -0.05) is 84.4 Å². The van der Waals surface area contributed by atoms with Crippen LogP contribution in [0.1, 0.15) is 46.6 Å². The number of carbonyl (C=O) groups is 2. The molecule has 0 bridgehead atoms. The van der Waals surface area contributed by atoms with Crippen LogP contribution in [0.3, 0.4) is 0 Å². The van der Waals surface area contributed by atoms with Gasteiger partial charge >= 0.3 is 0 Å². The molecule has 1 aliphatic rings. The van der Waals surface area contributed by atoms with Crippen LogP contribution in [0.4, 0.5) is 0 Å². The van der Waals surface area contributed by atoms with Gasteiger partial charge in [-0.2, -0.15) is 0 Å². The fraction of sp³-hybridized carbons (Fsp3) is 0.310. The molecule has 1 fully saturated rings. The Morgan fingerprint density at radius 1 is 0.971 bits per heavy atom. The average Bonchev–Trinajstić information content (AvgIpc) is 3.35. The minimum Gasteiger partial charge on any atom is -0.350 e. The third-order valence-corrected chi connectivity index (χ3v) is 6.76. The van der Waals surface area contributed by atoms with Crippen LogP contribution in [0, 0.1) is 13.8 Å². The second-order valence-electron chi connectivity index (χ2n) is 9.16. The van der Waals surface area contributed by atoms with Crippen molar-refractivity contribution in [2.45, 2.75) is 51.2 Å². The largest absolute Gasteiger partial charge is 0.350 e. The predicted molar refractivity (Wildman–Crippen MR) is 135 cm³/mol. The quantitative estimate of drug-likeness (QED) is 0.564. The zero-order valence-electron chi connectivity index (χ0n) is 19.9. The molecule has 176 valence electrons. The maximum Gasteiger partial charge on any atom is 0.243 e. The van der Waals surface area contributed by atoms with E-state index in [9.17, 15) is 9.59 Å². The third kappa shape index (κ3) is 5.20. The van der Waals surface area contributed by atoms with Crippen LogP contribution in [0.5, 0.6) is 0 Å².